The molecular weight excluding hydrogens is 178 g/mol. The fourth-order valence-corrected chi connectivity index (χ4v) is 2.13. The maximum atomic E-state index is 6.04. The zero-order chi connectivity index (χ0) is 8.65. The number of rotatable bonds is 0. The highest BCUT2D eigenvalue weighted by atomic mass is 35.5. The van der Waals surface area contributed by atoms with Gasteiger partial charge in [-0.15, -0.1) is 0 Å². The molecule has 0 aliphatic carbocycles. The summed E-state index contributed by atoms with van der Waals surface area (Å²) in [4.78, 5) is 1.18. The summed E-state index contributed by atoms with van der Waals surface area (Å²) in [5.74, 6) is 0. The summed E-state index contributed by atoms with van der Waals surface area (Å²) in [6.07, 6.45) is 0. The molecule has 11 heavy (non-hydrogen) atoms. The van der Waals surface area contributed by atoms with Gasteiger partial charge in [-0.1, -0.05) is 32.4 Å². The van der Waals surface area contributed by atoms with E-state index < -0.39 is 0 Å². The predicted molar refractivity (Wildman–Crippen MR) is 50.6 cm³/mol. The first kappa shape index (κ1) is 9.01. The minimum atomic E-state index is 0.128. The van der Waals surface area contributed by atoms with Crippen molar-refractivity contribution in [2.75, 3.05) is 0 Å². The van der Waals surface area contributed by atoms with Gasteiger partial charge < -0.3 is 0 Å². The van der Waals surface area contributed by atoms with Crippen molar-refractivity contribution in [1.29, 1.82) is 0 Å². The number of hydrogen-bond acceptors (Lipinski definition) is 2. The van der Waals surface area contributed by atoms with E-state index in [0.717, 1.165) is 10.7 Å². The molecule has 0 radical (unpaired) electrons. The molecule has 1 aromatic rings. The summed E-state index contributed by atoms with van der Waals surface area (Å²) < 4.78 is 4.19. The van der Waals surface area contributed by atoms with Gasteiger partial charge in [0.05, 0.1) is 10.7 Å². The van der Waals surface area contributed by atoms with Crippen LogP contribution in [-0.2, 0) is 5.41 Å². The van der Waals surface area contributed by atoms with Crippen LogP contribution in [0.3, 0.4) is 0 Å². The quantitative estimate of drug-likeness (QED) is 0.610. The van der Waals surface area contributed by atoms with Crippen molar-refractivity contribution >= 4 is 23.1 Å². The first-order chi connectivity index (χ1) is 4.93. The van der Waals surface area contributed by atoms with Crippen LogP contribution in [0.1, 0.15) is 31.3 Å². The van der Waals surface area contributed by atoms with Gasteiger partial charge in [0.15, 0.2) is 0 Å². The Bertz CT molecular complexity index is 260. The molecule has 0 bridgehead atoms. The Morgan fingerprint density at radius 3 is 2.09 bits per heavy atom. The minimum Gasteiger partial charge on any atom is -0.196 e. The van der Waals surface area contributed by atoms with Crippen LogP contribution >= 0.6 is 23.1 Å². The van der Waals surface area contributed by atoms with Gasteiger partial charge in [-0.2, -0.15) is 4.37 Å². The summed E-state index contributed by atoms with van der Waals surface area (Å²) >= 11 is 7.54. The van der Waals surface area contributed by atoms with Crippen LogP contribution in [-0.4, -0.2) is 4.37 Å². The Morgan fingerprint density at radius 2 is 1.91 bits per heavy atom. The SMILES string of the molecule is Cc1nsc(C(C)(C)C)c1Cl. The predicted octanol–water partition coefficient (Wildman–Crippen LogP) is 3.40. The molecule has 0 spiro atoms. The third kappa shape index (κ3) is 1.74. The van der Waals surface area contributed by atoms with E-state index in [1.807, 2.05) is 6.92 Å². The maximum absolute atomic E-state index is 6.04. The van der Waals surface area contributed by atoms with Crippen LogP contribution in [0.2, 0.25) is 5.02 Å². The van der Waals surface area contributed by atoms with Gasteiger partial charge >= 0.3 is 0 Å². The third-order valence-corrected chi connectivity index (χ3v) is 3.41. The fraction of sp³-hybridized carbons (Fsp3) is 0.625. The van der Waals surface area contributed by atoms with Gasteiger partial charge in [0, 0.05) is 4.88 Å². The number of aromatic nitrogens is 1. The minimum absolute atomic E-state index is 0.128. The Hall–Kier alpha value is -0.0800. The van der Waals surface area contributed by atoms with Crippen LogP contribution < -0.4 is 0 Å². The lowest BCUT2D eigenvalue weighted by Gasteiger charge is -2.15. The molecule has 62 valence electrons. The van der Waals surface area contributed by atoms with Crippen LogP contribution in [0.4, 0.5) is 0 Å². The number of aryl methyl sites for hydroxylation is 1. The summed E-state index contributed by atoms with van der Waals surface area (Å²) in [7, 11) is 0. The molecule has 1 rings (SSSR count). The van der Waals surface area contributed by atoms with Gasteiger partial charge in [0.25, 0.3) is 0 Å². The Morgan fingerprint density at radius 1 is 1.36 bits per heavy atom. The van der Waals surface area contributed by atoms with Gasteiger partial charge in [0.1, 0.15) is 0 Å². The van der Waals surface area contributed by atoms with E-state index in [-0.39, 0.29) is 5.41 Å². The van der Waals surface area contributed by atoms with Gasteiger partial charge in [-0.3, -0.25) is 0 Å². The lowest BCUT2D eigenvalue weighted by Crippen LogP contribution is -2.08. The lowest BCUT2D eigenvalue weighted by atomic mass is 9.94. The molecule has 0 unspecified atom stereocenters. The topological polar surface area (TPSA) is 12.9 Å². The molecule has 0 amide bonds. The molecule has 1 heterocycles. The van der Waals surface area contributed by atoms with E-state index in [9.17, 15) is 0 Å². The first-order valence-corrected chi connectivity index (χ1v) is 4.70. The van der Waals surface area contributed by atoms with E-state index in [2.05, 4.69) is 25.1 Å². The number of nitrogens with zero attached hydrogens (tertiary/aromatic N) is 1. The lowest BCUT2D eigenvalue weighted by molar-refractivity contribution is 0.604. The molecular formula is C8H12ClNS. The van der Waals surface area contributed by atoms with Crippen molar-refractivity contribution in [1.82, 2.24) is 4.37 Å². The van der Waals surface area contributed by atoms with E-state index in [4.69, 9.17) is 11.6 Å². The second-order valence-electron chi connectivity index (χ2n) is 3.66. The van der Waals surface area contributed by atoms with E-state index in [1.54, 1.807) is 0 Å². The molecule has 0 aliphatic heterocycles. The normalized spacial score (nSPS) is 12.1. The van der Waals surface area contributed by atoms with Crippen molar-refractivity contribution < 1.29 is 0 Å². The molecule has 1 aromatic heterocycles. The van der Waals surface area contributed by atoms with Crippen molar-refractivity contribution in [3.05, 3.63) is 15.6 Å². The fourth-order valence-electron chi connectivity index (χ4n) is 0.825. The smallest absolute Gasteiger partial charge is 0.0780 e. The highest BCUT2D eigenvalue weighted by Gasteiger charge is 2.21. The van der Waals surface area contributed by atoms with E-state index >= 15 is 0 Å². The molecule has 0 saturated carbocycles. The largest absolute Gasteiger partial charge is 0.196 e. The van der Waals surface area contributed by atoms with Crippen molar-refractivity contribution in [2.45, 2.75) is 33.1 Å². The zero-order valence-electron chi connectivity index (χ0n) is 7.23. The van der Waals surface area contributed by atoms with Crippen LogP contribution in [0.15, 0.2) is 0 Å². The van der Waals surface area contributed by atoms with Crippen molar-refractivity contribution in [2.24, 2.45) is 0 Å². The summed E-state index contributed by atoms with van der Waals surface area (Å²) in [6.45, 7) is 8.37. The van der Waals surface area contributed by atoms with Gasteiger partial charge in [0.2, 0.25) is 0 Å². The van der Waals surface area contributed by atoms with Gasteiger partial charge in [-0.05, 0) is 23.9 Å². The molecule has 0 aliphatic rings. The van der Waals surface area contributed by atoms with E-state index in [0.29, 0.717) is 0 Å². The maximum Gasteiger partial charge on any atom is 0.0780 e. The number of halogens is 1. The molecule has 0 aromatic carbocycles. The molecule has 0 N–H and O–H groups in total. The Balaban J connectivity index is 3.15. The average molecular weight is 190 g/mol. The summed E-state index contributed by atoms with van der Waals surface area (Å²) in [6, 6.07) is 0. The number of hydrogen-bond donors (Lipinski definition) is 0. The Kier molecular flexibility index (Phi) is 2.26. The summed E-state index contributed by atoms with van der Waals surface area (Å²) in [5, 5.41) is 0.836. The third-order valence-electron chi connectivity index (χ3n) is 1.47. The standard InChI is InChI=1S/C8H12ClNS/c1-5-6(9)7(11-10-5)8(2,3)4/h1-4H3. The van der Waals surface area contributed by atoms with Crippen molar-refractivity contribution in [3.63, 3.8) is 0 Å². The second kappa shape index (κ2) is 2.76. The highest BCUT2D eigenvalue weighted by Crippen LogP contribution is 2.34. The monoisotopic (exact) mass is 189 g/mol. The van der Waals surface area contributed by atoms with Gasteiger partial charge in [-0.25, -0.2) is 0 Å². The van der Waals surface area contributed by atoms with Crippen molar-refractivity contribution in [3.8, 4) is 0 Å². The van der Waals surface area contributed by atoms with Crippen LogP contribution in [0, 0.1) is 6.92 Å². The molecule has 0 atom stereocenters. The summed E-state index contributed by atoms with van der Waals surface area (Å²) in [5.41, 5.74) is 1.07. The zero-order valence-corrected chi connectivity index (χ0v) is 8.81. The molecule has 0 fully saturated rings. The van der Waals surface area contributed by atoms with Crippen LogP contribution in [0.5, 0.6) is 0 Å². The first-order valence-electron chi connectivity index (χ1n) is 3.55. The Labute approximate surface area is 76.6 Å². The molecule has 3 heteroatoms. The highest BCUT2D eigenvalue weighted by molar-refractivity contribution is 7.06. The molecule has 0 saturated heterocycles. The average Bonchev–Trinajstić information content (AvgIpc) is 2.11. The second-order valence-corrected chi connectivity index (χ2v) is 4.81. The molecule has 1 nitrogen and oxygen atoms in total. The van der Waals surface area contributed by atoms with E-state index in [1.165, 1.54) is 16.4 Å². The van der Waals surface area contributed by atoms with Crippen LogP contribution in [0.25, 0.3) is 0 Å².